The zero-order chi connectivity index (χ0) is 18.7. The molecule has 1 atom stereocenters. The molecule has 0 bridgehead atoms. The van der Waals surface area contributed by atoms with E-state index >= 15 is 0 Å². The first kappa shape index (κ1) is 23.5. The van der Waals surface area contributed by atoms with E-state index in [1.807, 2.05) is 20.8 Å². The van der Waals surface area contributed by atoms with Crippen LogP contribution in [0.4, 0.5) is 13.2 Å². The van der Waals surface area contributed by atoms with Crippen LogP contribution in [-0.2, 0) is 18.7 Å². The third-order valence-electron chi connectivity index (χ3n) is 3.58. The Labute approximate surface area is 146 Å². The van der Waals surface area contributed by atoms with Crippen molar-refractivity contribution in [2.75, 3.05) is 12.4 Å². The lowest BCUT2D eigenvalue weighted by molar-refractivity contribution is -0.201. The molecule has 11 heteroatoms. The molecule has 0 aliphatic carbocycles. The fraction of sp³-hybridized carbons (Fsp3) is 1.00. The Hall–Kier alpha value is 0.457. The van der Waals surface area contributed by atoms with Gasteiger partial charge in [-0.3, -0.25) is 4.18 Å². The SMILES string of the molecule is CC(C)(C)[Si](C)(C)OC(CCOS(=O)(=O)CC(Cl)Cl)C(F)(F)F. The van der Waals surface area contributed by atoms with E-state index in [0.717, 1.165) is 0 Å². The molecule has 140 valence electrons. The first-order valence-corrected chi connectivity index (χ1v) is 12.2. The van der Waals surface area contributed by atoms with E-state index in [1.54, 1.807) is 13.1 Å². The smallest absolute Gasteiger partial charge is 0.405 e. The fourth-order valence-corrected chi connectivity index (χ4v) is 4.30. The molecule has 0 fully saturated rings. The Balaban J connectivity index is 4.86. The fourth-order valence-electron chi connectivity index (χ4n) is 1.31. The summed E-state index contributed by atoms with van der Waals surface area (Å²) in [6.07, 6.45) is -7.31. The highest BCUT2D eigenvalue weighted by Crippen LogP contribution is 2.40. The number of hydrogen-bond donors (Lipinski definition) is 0. The predicted octanol–water partition coefficient (Wildman–Crippen LogP) is 4.48. The van der Waals surface area contributed by atoms with Gasteiger partial charge in [0.05, 0.1) is 6.61 Å². The van der Waals surface area contributed by atoms with Crippen LogP contribution in [0.3, 0.4) is 0 Å². The maximum Gasteiger partial charge on any atom is 0.413 e. The van der Waals surface area contributed by atoms with Gasteiger partial charge < -0.3 is 4.43 Å². The lowest BCUT2D eigenvalue weighted by Gasteiger charge is -2.39. The van der Waals surface area contributed by atoms with Crippen LogP contribution in [0.2, 0.25) is 18.1 Å². The molecular weight excluding hydrogens is 396 g/mol. The van der Waals surface area contributed by atoms with Crippen molar-refractivity contribution in [1.82, 2.24) is 0 Å². The van der Waals surface area contributed by atoms with Gasteiger partial charge >= 0.3 is 6.18 Å². The van der Waals surface area contributed by atoms with E-state index in [1.165, 1.54) is 0 Å². The van der Waals surface area contributed by atoms with Gasteiger partial charge in [-0.05, 0) is 18.1 Å². The molecule has 0 rings (SSSR count). The van der Waals surface area contributed by atoms with Crippen LogP contribution in [0.5, 0.6) is 0 Å². The van der Waals surface area contributed by atoms with E-state index in [2.05, 4.69) is 4.18 Å². The summed E-state index contributed by atoms with van der Waals surface area (Å²) in [4.78, 5) is -1.21. The summed E-state index contributed by atoms with van der Waals surface area (Å²) in [5.41, 5.74) is 0. The minimum absolute atomic E-state index is 0.409. The van der Waals surface area contributed by atoms with E-state index in [0.29, 0.717) is 0 Å². The molecule has 0 saturated heterocycles. The van der Waals surface area contributed by atoms with Gasteiger partial charge in [0.25, 0.3) is 10.1 Å². The minimum atomic E-state index is -4.61. The van der Waals surface area contributed by atoms with Crippen molar-refractivity contribution in [1.29, 1.82) is 0 Å². The summed E-state index contributed by atoms with van der Waals surface area (Å²) < 4.78 is 72.0. The molecule has 0 N–H and O–H groups in total. The number of hydrogen-bond acceptors (Lipinski definition) is 4. The zero-order valence-corrected chi connectivity index (χ0v) is 17.0. The first-order chi connectivity index (χ1) is 9.98. The summed E-state index contributed by atoms with van der Waals surface area (Å²) in [5.74, 6) is -0.685. The second-order valence-electron chi connectivity index (χ2n) is 6.63. The first-order valence-electron chi connectivity index (χ1n) is 6.88. The van der Waals surface area contributed by atoms with Gasteiger partial charge in [0, 0.05) is 6.42 Å². The molecule has 0 heterocycles. The predicted molar refractivity (Wildman–Crippen MR) is 88.0 cm³/mol. The summed E-state index contributed by atoms with van der Waals surface area (Å²) in [5, 5.41) is -0.409. The van der Waals surface area contributed by atoms with Gasteiger partial charge in [-0.1, -0.05) is 20.8 Å². The Morgan fingerprint density at radius 2 is 1.61 bits per heavy atom. The molecule has 0 aromatic heterocycles. The van der Waals surface area contributed by atoms with Gasteiger partial charge in [0.15, 0.2) is 8.32 Å². The molecular formula is C12H23Cl2F3O4SSi. The summed E-state index contributed by atoms with van der Waals surface area (Å²) in [7, 11) is -6.74. The van der Waals surface area contributed by atoms with E-state index in [9.17, 15) is 21.6 Å². The van der Waals surface area contributed by atoms with Crippen molar-refractivity contribution in [2.24, 2.45) is 0 Å². The second kappa shape index (κ2) is 8.22. The van der Waals surface area contributed by atoms with Gasteiger partial charge in [-0.15, -0.1) is 23.2 Å². The van der Waals surface area contributed by atoms with Crippen LogP contribution in [0.25, 0.3) is 0 Å². The quantitative estimate of drug-likeness (QED) is 0.331. The largest absolute Gasteiger partial charge is 0.413 e. The van der Waals surface area contributed by atoms with E-state index in [4.69, 9.17) is 27.6 Å². The van der Waals surface area contributed by atoms with E-state index < -0.39 is 59.4 Å². The molecule has 0 aliphatic heterocycles. The third-order valence-corrected chi connectivity index (χ3v) is 10.0. The van der Waals surface area contributed by atoms with Crippen molar-refractivity contribution >= 4 is 41.6 Å². The third kappa shape index (κ3) is 8.92. The summed E-state index contributed by atoms with van der Waals surface area (Å²) >= 11 is 10.6. The molecule has 0 radical (unpaired) electrons. The zero-order valence-electron chi connectivity index (χ0n) is 13.7. The molecule has 23 heavy (non-hydrogen) atoms. The Morgan fingerprint density at radius 1 is 1.13 bits per heavy atom. The summed E-state index contributed by atoms with van der Waals surface area (Å²) in [6, 6.07) is 0. The minimum Gasteiger partial charge on any atom is -0.405 e. The molecule has 0 aromatic carbocycles. The number of halogens is 5. The Morgan fingerprint density at radius 3 is 1.96 bits per heavy atom. The van der Waals surface area contributed by atoms with Crippen LogP contribution in [0, 0.1) is 0 Å². The molecule has 0 spiro atoms. The topological polar surface area (TPSA) is 52.6 Å². The van der Waals surface area contributed by atoms with Crippen molar-refractivity contribution in [3.63, 3.8) is 0 Å². The van der Waals surface area contributed by atoms with Crippen LogP contribution >= 0.6 is 23.2 Å². The molecule has 0 saturated carbocycles. The Bertz CT molecular complexity index is 476. The summed E-state index contributed by atoms with van der Waals surface area (Å²) in [6.45, 7) is 8.17. The van der Waals surface area contributed by atoms with Crippen molar-refractivity contribution in [2.45, 2.75) is 62.4 Å². The van der Waals surface area contributed by atoms with Crippen molar-refractivity contribution < 1.29 is 30.2 Å². The highest BCUT2D eigenvalue weighted by atomic mass is 35.5. The second-order valence-corrected chi connectivity index (χ2v) is 14.4. The van der Waals surface area contributed by atoms with Crippen LogP contribution in [-0.4, -0.2) is 46.2 Å². The van der Waals surface area contributed by atoms with Gasteiger partial charge in [0.2, 0.25) is 0 Å². The average molecular weight is 419 g/mol. The van der Waals surface area contributed by atoms with Crippen LogP contribution in [0.1, 0.15) is 27.2 Å². The van der Waals surface area contributed by atoms with Crippen LogP contribution in [0.15, 0.2) is 0 Å². The molecule has 0 aliphatic rings. The van der Waals surface area contributed by atoms with Crippen molar-refractivity contribution in [3.8, 4) is 0 Å². The molecule has 1 unspecified atom stereocenters. The highest BCUT2D eigenvalue weighted by Gasteiger charge is 2.47. The lowest BCUT2D eigenvalue weighted by atomic mass is 10.2. The average Bonchev–Trinajstić information content (AvgIpc) is 2.22. The number of rotatable bonds is 8. The Kier molecular flexibility index (Phi) is 8.39. The lowest BCUT2D eigenvalue weighted by Crippen LogP contribution is -2.48. The number of alkyl halides is 5. The highest BCUT2D eigenvalue weighted by molar-refractivity contribution is 7.86. The van der Waals surface area contributed by atoms with Crippen LogP contribution < -0.4 is 0 Å². The van der Waals surface area contributed by atoms with E-state index in [-0.39, 0.29) is 0 Å². The molecule has 0 aromatic rings. The molecule has 0 amide bonds. The van der Waals surface area contributed by atoms with Gasteiger partial charge in [-0.25, -0.2) is 0 Å². The monoisotopic (exact) mass is 418 g/mol. The van der Waals surface area contributed by atoms with Gasteiger partial charge in [0.1, 0.15) is 16.7 Å². The maximum absolute atomic E-state index is 13.1. The molecule has 4 nitrogen and oxygen atoms in total. The van der Waals surface area contributed by atoms with Crippen molar-refractivity contribution in [3.05, 3.63) is 0 Å². The standard InChI is InChI=1S/C12H23Cl2F3O4SSi/c1-11(2,3)23(4,5)21-9(12(15,16)17)6-7-20-22(18,19)8-10(13)14/h9-10H,6-8H2,1-5H3. The normalized spacial score (nSPS) is 16.0. The van der Waals surface area contributed by atoms with Gasteiger partial charge in [-0.2, -0.15) is 21.6 Å². The maximum atomic E-state index is 13.1.